The predicted molar refractivity (Wildman–Crippen MR) is 68.0 cm³/mol. The minimum atomic E-state index is -0.884. The molecule has 6 nitrogen and oxygen atoms in total. The molecule has 0 aromatic carbocycles. The Bertz CT molecular complexity index is 385. The number of carboxylic acids is 1. The van der Waals surface area contributed by atoms with Crippen molar-refractivity contribution in [2.75, 3.05) is 24.6 Å². The summed E-state index contributed by atoms with van der Waals surface area (Å²) in [5.74, 6) is 0.0822. The second-order valence-corrected chi connectivity index (χ2v) is 3.88. The molecule has 0 aliphatic heterocycles. The van der Waals surface area contributed by atoms with Crippen LogP contribution in [0.3, 0.4) is 0 Å². The summed E-state index contributed by atoms with van der Waals surface area (Å²) in [4.78, 5) is 20.8. The largest absolute Gasteiger partial charge is 0.480 e. The molecule has 1 N–H and O–H groups in total. The lowest BCUT2D eigenvalue weighted by Gasteiger charge is -2.20. The average Bonchev–Trinajstić information content (AvgIpc) is 2.36. The molecule has 0 amide bonds. The van der Waals surface area contributed by atoms with Gasteiger partial charge < -0.3 is 14.7 Å². The monoisotopic (exact) mass is 253 g/mol. The predicted octanol–water partition coefficient (Wildman–Crippen LogP) is 1.57. The van der Waals surface area contributed by atoms with Gasteiger partial charge in [-0.1, -0.05) is 13.8 Å². The van der Waals surface area contributed by atoms with Crippen LogP contribution in [0.25, 0.3) is 0 Å². The summed E-state index contributed by atoms with van der Waals surface area (Å²) in [6.07, 6.45) is 4.82. The third-order valence-electron chi connectivity index (χ3n) is 2.20. The molecule has 0 saturated heterocycles. The molecule has 18 heavy (non-hydrogen) atoms. The van der Waals surface area contributed by atoms with Crippen LogP contribution in [0.5, 0.6) is 5.88 Å². The first kappa shape index (κ1) is 14.2. The molecule has 0 fully saturated rings. The van der Waals surface area contributed by atoms with E-state index in [1.165, 1.54) is 6.20 Å². The highest BCUT2D eigenvalue weighted by Crippen LogP contribution is 2.14. The van der Waals surface area contributed by atoms with Crippen LogP contribution >= 0.6 is 0 Å². The van der Waals surface area contributed by atoms with Crippen LogP contribution in [0.2, 0.25) is 0 Å². The molecular weight excluding hydrogens is 234 g/mol. The Kier molecular flexibility index (Phi) is 5.90. The number of ether oxygens (including phenoxy) is 1. The van der Waals surface area contributed by atoms with Gasteiger partial charge in [0.25, 0.3) is 0 Å². The number of aromatic nitrogens is 2. The normalized spacial score (nSPS) is 10.1. The Morgan fingerprint density at radius 1 is 1.39 bits per heavy atom. The van der Waals surface area contributed by atoms with Gasteiger partial charge in [-0.05, 0) is 12.8 Å². The number of hydrogen-bond donors (Lipinski definition) is 1. The minimum Gasteiger partial charge on any atom is -0.480 e. The van der Waals surface area contributed by atoms with E-state index in [1.54, 1.807) is 11.1 Å². The topological polar surface area (TPSA) is 75.5 Å². The lowest BCUT2D eigenvalue weighted by molar-refractivity contribution is -0.135. The molecule has 0 spiro atoms. The second-order valence-electron chi connectivity index (χ2n) is 3.88. The Balaban J connectivity index is 2.79. The van der Waals surface area contributed by atoms with E-state index in [0.29, 0.717) is 24.8 Å². The fraction of sp³-hybridized carbons (Fsp3) is 0.583. The second kappa shape index (κ2) is 7.47. The zero-order valence-electron chi connectivity index (χ0n) is 10.8. The molecule has 0 atom stereocenters. The Hall–Kier alpha value is -1.85. The number of rotatable bonds is 8. The van der Waals surface area contributed by atoms with Crippen LogP contribution < -0.4 is 9.64 Å². The Morgan fingerprint density at radius 3 is 2.78 bits per heavy atom. The highest BCUT2D eigenvalue weighted by atomic mass is 16.5. The molecule has 0 radical (unpaired) electrons. The fourth-order valence-corrected chi connectivity index (χ4v) is 1.47. The van der Waals surface area contributed by atoms with Crippen LogP contribution in [0.1, 0.15) is 26.7 Å². The number of hydrogen-bond acceptors (Lipinski definition) is 5. The van der Waals surface area contributed by atoms with E-state index < -0.39 is 5.97 Å². The van der Waals surface area contributed by atoms with Gasteiger partial charge >= 0.3 is 5.97 Å². The van der Waals surface area contributed by atoms with Gasteiger partial charge in [0.2, 0.25) is 5.88 Å². The van der Waals surface area contributed by atoms with Crippen molar-refractivity contribution in [1.29, 1.82) is 0 Å². The Labute approximate surface area is 107 Å². The van der Waals surface area contributed by atoms with Gasteiger partial charge in [-0.15, -0.1) is 0 Å². The number of aliphatic carboxylic acids is 1. The van der Waals surface area contributed by atoms with Gasteiger partial charge in [-0.2, -0.15) is 4.98 Å². The lowest BCUT2D eigenvalue weighted by Crippen LogP contribution is -2.31. The first-order chi connectivity index (χ1) is 8.67. The van der Waals surface area contributed by atoms with Crippen LogP contribution in [0.15, 0.2) is 12.4 Å². The molecule has 1 rings (SSSR count). The van der Waals surface area contributed by atoms with Crippen molar-refractivity contribution >= 4 is 11.8 Å². The molecule has 0 aliphatic carbocycles. The first-order valence-corrected chi connectivity index (χ1v) is 6.09. The van der Waals surface area contributed by atoms with Gasteiger partial charge in [0.05, 0.1) is 19.0 Å². The third kappa shape index (κ3) is 4.57. The molecule has 6 heteroatoms. The van der Waals surface area contributed by atoms with E-state index in [1.807, 2.05) is 13.8 Å². The molecule has 0 aliphatic rings. The van der Waals surface area contributed by atoms with Crippen LogP contribution in [0.4, 0.5) is 5.82 Å². The van der Waals surface area contributed by atoms with Gasteiger partial charge in [-0.3, -0.25) is 9.78 Å². The van der Waals surface area contributed by atoms with Gasteiger partial charge in [-0.25, -0.2) is 0 Å². The summed E-state index contributed by atoms with van der Waals surface area (Å²) < 4.78 is 5.38. The summed E-state index contributed by atoms with van der Waals surface area (Å²) in [6, 6.07) is 0. The number of carboxylic acid groups (broad SMARTS) is 1. The number of carbonyl (C=O) groups is 1. The highest BCUT2D eigenvalue weighted by molar-refractivity contribution is 5.73. The van der Waals surface area contributed by atoms with Gasteiger partial charge in [0.15, 0.2) is 5.82 Å². The standard InChI is InChI=1S/C12H19N3O3/c1-3-5-15(9-12(16)17)10-7-13-8-11(14-10)18-6-4-2/h7-8H,3-6,9H2,1-2H3,(H,16,17). The van der Waals surface area contributed by atoms with E-state index in [0.717, 1.165) is 12.8 Å². The maximum absolute atomic E-state index is 10.8. The van der Waals surface area contributed by atoms with Gasteiger partial charge in [0, 0.05) is 6.54 Å². The van der Waals surface area contributed by atoms with E-state index in [2.05, 4.69) is 9.97 Å². The molecule has 0 bridgehead atoms. The third-order valence-corrected chi connectivity index (χ3v) is 2.20. The van der Waals surface area contributed by atoms with Crippen molar-refractivity contribution in [2.24, 2.45) is 0 Å². The quantitative estimate of drug-likeness (QED) is 0.757. The zero-order chi connectivity index (χ0) is 13.4. The van der Waals surface area contributed by atoms with Crippen molar-refractivity contribution in [3.05, 3.63) is 12.4 Å². The van der Waals surface area contributed by atoms with E-state index >= 15 is 0 Å². The fourth-order valence-electron chi connectivity index (χ4n) is 1.47. The minimum absolute atomic E-state index is 0.0836. The van der Waals surface area contributed by atoms with E-state index in [-0.39, 0.29) is 6.54 Å². The maximum Gasteiger partial charge on any atom is 0.323 e. The smallest absolute Gasteiger partial charge is 0.323 e. The lowest BCUT2D eigenvalue weighted by atomic mass is 10.4. The molecular formula is C12H19N3O3. The molecule has 0 saturated carbocycles. The van der Waals surface area contributed by atoms with E-state index in [9.17, 15) is 4.79 Å². The van der Waals surface area contributed by atoms with Gasteiger partial charge in [0.1, 0.15) is 6.54 Å². The van der Waals surface area contributed by atoms with Crippen molar-refractivity contribution < 1.29 is 14.6 Å². The van der Waals surface area contributed by atoms with Crippen molar-refractivity contribution in [2.45, 2.75) is 26.7 Å². The first-order valence-electron chi connectivity index (χ1n) is 6.09. The molecule has 1 aromatic heterocycles. The highest BCUT2D eigenvalue weighted by Gasteiger charge is 2.12. The summed E-state index contributed by atoms with van der Waals surface area (Å²) in [6.45, 7) is 5.10. The van der Waals surface area contributed by atoms with E-state index in [4.69, 9.17) is 9.84 Å². The van der Waals surface area contributed by atoms with Crippen LogP contribution in [-0.2, 0) is 4.79 Å². The number of anilines is 1. The van der Waals surface area contributed by atoms with Crippen molar-refractivity contribution in [3.63, 3.8) is 0 Å². The SMILES string of the molecule is CCCOc1cncc(N(CCC)CC(=O)O)n1. The average molecular weight is 253 g/mol. The summed E-state index contributed by atoms with van der Waals surface area (Å²) in [7, 11) is 0. The van der Waals surface area contributed by atoms with Crippen LogP contribution in [-0.4, -0.2) is 40.7 Å². The zero-order valence-corrected chi connectivity index (χ0v) is 10.8. The summed E-state index contributed by atoms with van der Waals surface area (Å²) in [5.41, 5.74) is 0. The van der Waals surface area contributed by atoms with Crippen LogP contribution in [0, 0.1) is 0 Å². The molecule has 1 heterocycles. The molecule has 0 unspecified atom stereocenters. The Morgan fingerprint density at radius 2 is 2.17 bits per heavy atom. The number of nitrogens with zero attached hydrogens (tertiary/aromatic N) is 3. The molecule has 100 valence electrons. The maximum atomic E-state index is 10.8. The van der Waals surface area contributed by atoms with Crippen molar-refractivity contribution in [3.8, 4) is 5.88 Å². The molecule has 1 aromatic rings. The summed E-state index contributed by atoms with van der Waals surface area (Å²) >= 11 is 0. The summed E-state index contributed by atoms with van der Waals surface area (Å²) in [5, 5.41) is 8.86. The van der Waals surface area contributed by atoms with Crippen molar-refractivity contribution in [1.82, 2.24) is 9.97 Å².